The minimum Gasteiger partial charge on any atom is -0.493 e. The molecule has 5 heteroatoms. The van der Waals surface area contributed by atoms with Gasteiger partial charge in [-0.2, -0.15) is 0 Å². The molecule has 1 fully saturated rings. The Hall–Kier alpha value is -1.56. The molecule has 1 aliphatic rings. The summed E-state index contributed by atoms with van der Waals surface area (Å²) in [5, 5.41) is 7.02. The molecular formula is C18H29N3O2. The lowest BCUT2D eigenvalue weighted by molar-refractivity contribution is 0.237. The van der Waals surface area contributed by atoms with Crippen LogP contribution < -0.4 is 20.1 Å². The molecule has 2 N–H and O–H groups in total. The van der Waals surface area contributed by atoms with Crippen molar-refractivity contribution in [1.82, 2.24) is 15.5 Å². The molecule has 23 heavy (non-hydrogen) atoms. The highest BCUT2D eigenvalue weighted by Crippen LogP contribution is 2.35. The molecule has 2 rings (SSSR count). The van der Waals surface area contributed by atoms with Crippen LogP contribution in [0.5, 0.6) is 11.5 Å². The molecule has 1 aromatic rings. The lowest BCUT2D eigenvalue weighted by Gasteiger charge is -2.28. The third kappa shape index (κ3) is 4.96. The molecule has 1 aliphatic heterocycles. The molecular weight excluding hydrogens is 290 g/mol. The van der Waals surface area contributed by atoms with E-state index in [0.29, 0.717) is 0 Å². The summed E-state index contributed by atoms with van der Waals surface area (Å²) in [4.78, 5) is 2.48. The van der Waals surface area contributed by atoms with Gasteiger partial charge in [-0.15, -0.1) is 6.58 Å². The van der Waals surface area contributed by atoms with E-state index in [2.05, 4.69) is 28.2 Å². The van der Waals surface area contributed by atoms with Crippen LogP contribution >= 0.6 is 0 Å². The van der Waals surface area contributed by atoms with Gasteiger partial charge in [0.25, 0.3) is 0 Å². The average Bonchev–Trinajstić information content (AvgIpc) is 2.61. The summed E-state index contributed by atoms with van der Waals surface area (Å²) in [6.45, 7) is 10.3. The Balaban J connectivity index is 2.01. The van der Waals surface area contributed by atoms with E-state index in [0.717, 1.165) is 62.8 Å². The van der Waals surface area contributed by atoms with Crippen molar-refractivity contribution >= 4 is 0 Å². The van der Waals surface area contributed by atoms with Crippen molar-refractivity contribution in [3.63, 3.8) is 0 Å². The topological polar surface area (TPSA) is 45.8 Å². The van der Waals surface area contributed by atoms with E-state index < -0.39 is 0 Å². The maximum Gasteiger partial charge on any atom is 0.165 e. The van der Waals surface area contributed by atoms with E-state index in [4.69, 9.17) is 9.47 Å². The zero-order valence-electron chi connectivity index (χ0n) is 14.3. The molecule has 5 nitrogen and oxygen atoms in total. The first-order chi connectivity index (χ1) is 11.3. The summed E-state index contributed by atoms with van der Waals surface area (Å²) in [6, 6.07) is 6.20. The fourth-order valence-electron chi connectivity index (χ4n) is 3.00. The second-order valence-corrected chi connectivity index (χ2v) is 5.71. The Bertz CT molecular complexity index is 487. The fraction of sp³-hybridized carbons (Fsp3) is 0.556. The number of rotatable bonds is 9. The molecule has 1 unspecified atom stereocenters. The second kappa shape index (κ2) is 9.55. The molecule has 1 atom stereocenters. The van der Waals surface area contributed by atoms with Crippen LogP contribution in [0.3, 0.4) is 0 Å². The maximum absolute atomic E-state index is 5.57. The Labute approximate surface area is 139 Å². The number of methoxy groups -OCH3 is 2. The van der Waals surface area contributed by atoms with Gasteiger partial charge >= 0.3 is 0 Å². The SMILES string of the molecule is C=CCC(NCCN1CCNCC1)c1cccc(OC)c1OC. The molecule has 0 bridgehead atoms. The van der Waals surface area contributed by atoms with Gasteiger partial charge < -0.3 is 20.1 Å². The van der Waals surface area contributed by atoms with Crippen LogP contribution in [-0.2, 0) is 0 Å². The van der Waals surface area contributed by atoms with Crippen LogP contribution in [0.1, 0.15) is 18.0 Å². The van der Waals surface area contributed by atoms with Gasteiger partial charge in [-0.25, -0.2) is 0 Å². The maximum atomic E-state index is 5.57. The third-order valence-electron chi connectivity index (χ3n) is 4.24. The minimum atomic E-state index is 0.181. The first-order valence-corrected chi connectivity index (χ1v) is 8.28. The Morgan fingerprint density at radius 1 is 1.30 bits per heavy atom. The van der Waals surface area contributed by atoms with E-state index in [1.54, 1.807) is 14.2 Å². The number of hydrogen-bond acceptors (Lipinski definition) is 5. The zero-order chi connectivity index (χ0) is 16.5. The van der Waals surface area contributed by atoms with Crippen molar-refractivity contribution in [2.24, 2.45) is 0 Å². The fourth-order valence-corrected chi connectivity index (χ4v) is 3.00. The van der Waals surface area contributed by atoms with Gasteiger partial charge in [0, 0.05) is 50.9 Å². The highest BCUT2D eigenvalue weighted by atomic mass is 16.5. The van der Waals surface area contributed by atoms with Crippen LogP contribution in [0.2, 0.25) is 0 Å². The summed E-state index contributed by atoms with van der Waals surface area (Å²) in [7, 11) is 3.36. The van der Waals surface area contributed by atoms with Crippen molar-refractivity contribution in [3.8, 4) is 11.5 Å². The second-order valence-electron chi connectivity index (χ2n) is 5.71. The smallest absolute Gasteiger partial charge is 0.165 e. The first kappa shape index (κ1) is 17.8. The number of benzene rings is 1. The van der Waals surface area contributed by atoms with Gasteiger partial charge in [0.2, 0.25) is 0 Å². The van der Waals surface area contributed by atoms with E-state index in [1.807, 2.05) is 18.2 Å². The van der Waals surface area contributed by atoms with Crippen LogP contribution in [-0.4, -0.2) is 58.4 Å². The lowest BCUT2D eigenvalue weighted by Crippen LogP contribution is -2.46. The van der Waals surface area contributed by atoms with E-state index in [1.165, 1.54) is 0 Å². The predicted molar refractivity (Wildman–Crippen MR) is 94.4 cm³/mol. The number of nitrogens with one attached hydrogen (secondary N) is 2. The van der Waals surface area contributed by atoms with Gasteiger partial charge in [-0.05, 0) is 12.5 Å². The summed E-state index contributed by atoms with van der Waals surface area (Å²) in [6.07, 6.45) is 2.80. The van der Waals surface area contributed by atoms with Gasteiger partial charge in [0.05, 0.1) is 14.2 Å². The highest BCUT2D eigenvalue weighted by Gasteiger charge is 2.18. The van der Waals surface area contributed by atoms with Crippen LogP contribution in [0.4, 0.5) is 0 Å². The molecule has 0 aromatic heterocycles. The van der Waals surface area contributed by atoms with Crippen molar-refractivity contribution in [1.29, 1.82) is 0 Å². The van der Waals surface area contributed by atoms with E-state index in [-0.39, 0.29) is 6.04 Å². The van der Waals surface area contributed by atoms with E-state index in [9.17, 15) is 0 Å². The minimum absolute atomic E-state index is 0.181. The van der Waals surface area contributed by atoms with Gasteiger partial charge in [-0.3, -0.25) is 4.90 Å². The summed E-state index contributed by atoms with van der Waals surface area (Å²) in [5.41, 5.74) is 1.12. The largest absolute Gasteiger partial charge is 0.493 e. The normalized spacial score (nSPS) is 16.8. The molecule has 0 spiro atoms. The Morgan fingerprint density at radius 2 is 2.09 bits per heavy atom. The highest BCUT2D eigenvalue weighted by molar-refractivity contribution is 5.48. The lowest BCUT2D eigenvalue weighted by atomic mass is 10.0. The number of hydrogen-bond donors (Lipinski definition) is 2. The molecule has 1 heterocycles. The zero-order valence-corrected chi connectivity index (χ0v) is 14.3. The summed E-state index contributed by atoms with van der Waals surface area (Å²) < 4.78 is 11.0. The van der Waals surface area contributed by atoms with E-state index >= 15 is 0 Å². The van der Waals surface area contributed by atoms with Crippen molar-refractivity contribution in [2.45, 2.75) is 12.5 Å². The number of para-hydroxylation sites is 1. The van der Waals surface area contributed by atoms with Gasteiger partial charge in [0.15, 0.2) is 11.5 Å². The predicted octanol–water partition coefficient (Wildman–Crippen LogP) is 1.82. The third-order valence-corrected chi connectivity index (χ3v) is 4.24. The quantitative estimate of drug-likeness (QED) is 0.680. The monoisotopic (exact) mass is 319 g/mol. The standard InChI is InChI=1S/C18H29N3O2/c1-4-6-16(20-11-14-21-12-9-19-10-13-21)15-7-5-8-17(22-2)18(15)23-3/h4-5,7-8,16,19-20H,1,6,9-14H2,2-3H3. The van der Waals surface area contributed by atoms with Crippen LogP contribution in [0.25, 0.3) is 0 Å². The van der Waals surface area contributed by atoms with Crippen LogP contribution in [0.15, 0.2) is 30.9 Å². The molecule has 0 saturated carbocycles. The molecule has 1 aromatic carbocycles. The number of piperazine rings is 1. The summed E-state index contributed by atoms with van der Waals surface area (Å²) >= 11 is 0. The molecule has 0 amide bonds. The molecule has 1 saturated heterocycles. The average molecular weight is 319 g/mol. The Kier molecular flexibility index (Phi) is 7.39. The first-order valence-electron chi connectivity index (χ1n) is 8.28. The van der Waals surface area contributed by atoms with Crippen LogP contribution in [0, 0.1) is 0 Å². The van der Waals surface area contributed by atoms with Crippen molar-refractivity contribution in [2.75, 3.05) is 53.5 Å². The Morgan fingerprint density at radius 3 is 2.74 bits per heavy atom. The summed E-state index contributed by atoms with van der Waals surface area (Å²) in [5.74, 6) is 1.57. The molecule has 0 radical (unpaired) electrons. The van der Waals surface area contributed by atoms with Gasteiger partial charge in [0.1, 0.15) is 0 Å². The number of ether oxygens (including phenoxy) is 2. The molecule has 0 aliphatic carbocycles. The van der Waals surface area contributed by atoms with Gasteiger partial charge in [-0.1, -0.05) is 18.2 Å². The molecule has 128 valence electrons. The van der Waals surface area contributed by atoms with Crippen molar-refractivity contribution < 1.29 is 9.47 Å². The van der Waals surface area contributed by atoms with Crippen molar-refractivity contribution in [3.05, 3.63) is 36.4 Å². The number of nitrogens with zero attached hydrogens (tertiary/aromatic N) is 1.